The smallest absolute Gasteiger partial charge is 0.273 e. The molecule has 0 saturated heterocycles. The van der Waals surface area contributed by atoms with Gasteiger partial charge in [-0.25, -0.2) is 0 Å². The molecule has 1 N–H and O–H groups in total. The summed E-state index contributed by atoms with van der Waals surface area (Å²) in [7, 11) is 0. The second kappa shape index (κ2) is 7.05. The average Bonchev–Trinajstić information content (AvgIpc) is 2.49. The van der Waals surface area contributed by atoms with Gasteiger partial charge in [0.2, 0.25) is 5.91 Å². The predicted octanol–water partition coefficient (Wildman–Crippen LogP) is 3.63. The molecule has 23 heavy (non-hydrogen) atoms. The number of hydrogen-bond acceptors (Lipinski definition) is 3. The molecule has 2 aromatic carbocycles. The Balaban J connectivity index is 2.11. The van der Waals surface area contributed by atoms with Crippen molar-refractivity contribution in [2.45, 2.75) is 33.2 Å². The van der Waals surface area contributed by atoms with Crippen LogP contribution in [0, 0.1) is 24.0 Å². The molecule has 0 saturated carbocycles. The highest BCUT2D eigenvalue weighted by molar-refractivity contribution is 5.80. The fraction of sp³-hybridized carbons (Fsp3) is 0.278. The summed E-state index contributed by atoms with van der Waals surface area (Å²) in [4.78, 5) is 22.8. The summed E-state index contributed by atoms with van der Waals surface area (Å²) >= 11 is 0. The Morgan fingerprint density at radius 1 is 1.22 bits per heavy atom. The van der Waals surface area contributed by atoms with Gasteiger partial charge in [0.15, 0.2) is 0 Å². The summed E-state index contributed by atoms with van der Waals surface area (Å²) in [5.74, 6) is -0.229. The van der Waals surface area contributed by atoms with Gasteiger partial charge in [0.05, 0.1) is 17.4 Å². The van der Waals surface area contributed by atoms with E-state index in [2.05, 4.69) is 5.32 Å². The monoisotopic (exact) mass is 312 g/mol. The van der Waals surface area contributed by atoms with Gasteiger partial charge >= 0.3 is 0 Å². The zero-order valence-corrected chi connectivity index (χ0v) is 13.5. The molecule has 1 atom stereocenters. The molecule has 0 bridgehead atoms. The standard InChI is InChI=1S/C18H20N2O3/c1-12-8-9-13(2)16(10-12)14(3)19-18(21)11-15-6-4-5-7-17(15)20(22)23/h4-10,14H,11H2,1-3H3,(H,19,21)/t14-/m1/s1. The molecule has 2 aromatic rings. The zero-order valence-electron chi connectivity index (χ0n) is 13.5. The Labute approximate surface area is 135 Å². The van der Waals surface area contributed by atoms with E-state index in [-0.39, 0.29) is 24.1 Å². The Hall–Kier alpha value is -2.69. The van der Waals surface area contributed by atoms with E-state index in [4.69, 9.17) is 0 Å². The SMILES string of the molecule is Cc1ccc(C)c([C@@H](C)NC(=O)Cc2ccccc2[N+](=O)[O-])c1. The molecule has 0 unspecified atom stereocenters. The summed E-state index contributed by atoms with van der Waals surface area (Å²) in [6.45, 7) is 5.92. The second-order valence-electron chi connectivity index (χ2n) is 5.71. The van der Waals surface area contributed by atoms with Crippen molar-refractivity contribution in [3.63, 3.8) is 0 Å². The van der Waals surface area contributed by atoms with E-state index in [9.17, 15) is 14.9 Å². The van der Waals surface area contributed by atoms with E-state index in [0.717, 1.165) is 16.7 Å². The third-order valence-corrected chi connectivity index (χ3v) is 3.82. The Bertz CT molecular complexity index is 741. The number of para-hydroxylation sites is 1. The summed E-state index contributed by atoms with van der Waals surface area (Å²) in [6, 6.07) is 12.3. The number of hydrogen-bond donors (Lipinski definition) is 1. The highest BCUT2D eigenvalue weighted by Crippen LogP contribution is 2.21. The quantitative estimate of drug-likeness (QED) is 0.677. The van der Waals surface area contributed by atoms with Gasteiger partial charge in [-0.15, -0.1) is 0 Å². The molecule has 0 aliphatic rings. The van der Waals surface area contributed by atoms with Crippen LogP contribution in [0.3, 0.4) is 0 Å². The lowest BCUT2D eigenvalue weighted by Crippen LogP contribution is -2.28. The Kier molecular flexibility index (Phi) is 5.11. The molecule has 0 radical (unpaired) electrons. The van der Waals surface area contributed by atoms with Crippen molar-refractivity contribution in [2.24, 2.45) is 0 Å². The number of nitro groups is 1. The minimum Gasteiger partial charge on any atom is -0.349 e. The lowest BCUT2D eigenvalue weighted by molar-refractivity contribution is -0.385. The fourth-order valence-electron chi connectivity index (χ4n) is 2.61. The van der Waals surface area contributed by atoms with Gasteiger partial charge in [0.1, 0.15) is 0 Å². The maximum atomic E-state index is 12.2. The fourth-order valence-corrected chi connectivity index (χ4v) is 2.61. The van der Waals surface area contributed by atoms with E-state index in [1.54, 1.807) is 18.2 Å². The number of nitrogens with zero attached hydrogens (tertiary/aromatic N) is 1. The van der Waals surface area contributed by atoms with Gasteiger partial charge in [-0.2, -0.15) is 0 Å². The van der Waals surface area contributed by atoms with Crippen molar-refractivity contribution in [3.05, 3.63) is 74.8 Å². The van der Waals surface area contributed by atoms with Crippen molar-refractivity contribution in [1.82, 2.24) is 5.32 Å². The van der Waals surface area contributed by atoms with Crippen LogP contribution in [-0.4, -0.2) is 10.8 Å². The van der Waals surface area contributed by atoms with Gasteiger partial charge in [0.25, 0.3) is 5.69 Å². The van der Waals surface area contributed by atoms with Crippen LogP contribution < -0.4 is 5.32 Å². The van der Waals surface area contributed by atoms with Gasteiger partial charge in [-0.05, 0) is 31.9 Å². The van der Waals surface area contributed by atoms with Crippen LogP contribution in [0.15, 0.2) is 42.5 Å². The van der Waals surface area contributed by atoms with E-state index in [1.807, 2.05) is 39.0 Å². The largest absolute Gasteiger partial charge is 0.349 e. The molecule has 0 heterocycles. The first-order valence-corrected chi connectivity index (χ1v) is 7.47. The third-order valence-electron chi connectivity index (χ3n) is 3.82. The van der Waals surface area contributed by atoms with E-state index >= 15 is 0 Å². The number of carbonyl (C=O) groups excluding carboxylic acids is 1. The number of carbonyl (C=O) groups is 1. The first kappa shape index (κ1) is 16.7. The maximum Gasteiger partial charge on any atom is 0.273 e. The predicted molar refractivity (Wildman–Crippen MR) is 89.3 cm³/mol. The third kappa shape index (κ3) is 4.16. The number of nitrogens with one attached hydrogen (secondary N) is 1. The van der Waals surface area contributed by atoms with Crippen LogP contribution in [0.2, 0.25) is 0 Å². The molecule has 120 valence electrons. The minimum absolute atomic E-state index is 0.00758. The highest BCUT2D eigenvalue weighted by atomic mass is 16.6. The Morgan fingerprint density at radius 2 is 1.91 bits per heavy atom. The molecular formula is C18H20N2O3. The average molecular weight is 312 g/mol. The lowest BCUT2D eigenvalue weighted by atomic mass is 9.99. The van der Waals surface area contributed by atoms with Crippen molar-refractivity contribution >= 4 is 11.6 Å². The van der Waals surface area contributed by atoms with Gasteiger partial charge in [-0.3, -0.25) is 14.9 Å². The number of aryl methyl sites for hydroxylation is 2. The van der Waals surface area contributed by atoms with Crippen LogP contribution in [-0.2, 0) is 11.2 Å². The van der Waals surface area contributed by atoms with E-state index < -0.39 is 4.92 Å². The van der Waals surface area contributed by atoms with Crippen molar-refractivity contribution < 1.29 is 9.72 Å². The molecule has 0 spiro atoms. The first-order chi connectivity index (χ1) is 10.9. The molecular weight excluding hydrogens is 292 g/mol. The van der Waals surface area contributed by atoms with Gasteiger partial charge in [-0.1, -0.05) is 42.0 Å². The molecule has 0 fully saturated rings. The zero-order chi connectivity index (χ0) is 17.0. The van der Waals surface area contributed by atoms with Crippen molar-refractivity contribution in [1.29, 1.82) is 0 Å². The highest BCUT2D eigenvalue weighted by Gasteiger charge is 2.17. The Morgan fingerprint density at radius 3 is 2.61 bits per heavy atom. The number of nitro benzene ring substituents is 1. The number of amides is 1. The van der Waals surface area contributed by atoms with Crippen LogP contribution in [0.1, 0.15) is 35.2 Å². The molecule has 0 aromatic heterocycles. The van der Waals surface area contributed by atoms with Gasteiger partial charge in [0, 0.05) is 11.6 Å². The molecule has 0 aliphatic carbocycles. The first-order valence-electron chi connectivity index (χ1n) is 7.47. The van der Waals surface area contributed by atoms with E-state index in [1.165, 1.54) is 6.07 Å². The summed E-state index contributed by atoms with van der Waals surface area (Å²) in [5, 5.41) is 13.9. The van der Waals surface area contributed by atoms with Gasteiger partial charge < -0.3 is 5.32 Å². The lowest BCUT2D eigenvalue weighted by Gasteiger charge is -2.17. The topological polar surface area (TPSA) is 72.2 Å². The van der Waals surface area contributed by atoms with E-state index in [0.29, 0.717) is 5.56 Å². The molecule has 0 aliphatic heterocycles. The number of rotatable bonds is 5. The van der Waals surface area contributed by atoms with Crippen molar-refractivity contribution in [2.75, 3.05) is 0 Å². The molecule has 1 amide bonds. The number of benzene rings is 2. The summed E-state index contributed by atoms with van der Waals surface area (Å²) < 4.78 is 0. The molecule has 2 rings (SSSR count). The van der Waals surface area contributed by atoms with Crippen LogP contribution >= 0.6 is 0 Å². The normalized spacial score (nSPS) is 11.8. The minimum atomic E-state index is -0.462. The molecule has 5 heteroatoms. The second-order valence-corrected chi connectivity index (χ2v) is 5.71. The van der Waals surface area contributed by atoms with Crippen LogP contribution in [0.25, 0.3) is 0 Å². The van der Waals surface area contributed by atoms with Crippen LogP contribution in [0.4, 0.5) is 5.69 Å². The summed E-state index contributed by atoms with van der Waals surface area (Å²) in [5.41, 5.74) is 3.69. The van der Waals surface area contributed by atoms with Crippen LogP contribution in [0.5, 0.6) is 0 Å². The molecule has 5 nitrogen and oxygen atoms in total. The maximum absolute atomic E-state index is 12.2. The van der Waals surface area contributed by atoms with Crippen molar-refractivity contribution in [3.8, 4) is 0 Å². The summed E-state index contributed by atoms with van der Waals surface area (Å²) in [6.07, 6.45) is -0.00758.